The number of quaternary nitrogens is 1. The fraction of sp³-hybridized carbons (Fsp3) is 0.0952. The third kappa shape index (κ3) is 3.41. The molecule has 3 aromatic carbocycles. The van der Waals surface area contributed by atoms with Crippen LogP contribution in [0.4, 0.5) is 11.4 Å². The molecule has 0 saturated carbocycles. The molecule has 1 aromatic heterocycles. The molecule has 7 nitrogen and oxygen atoms in total. The first-order valence-electron chi connectivity index (χ1n) is 8.83. The largest absolute Gasteiger partial charge is 0.595 e. The van der Waals surface area contributed by atoms with Crippen LogP contribution in [0.3, 0.4) is 0 Å². The van der Waals surface area contributed by atoms with Crippen molar-refractivity contribution in [1.82, 2.24) is 9.97 Å². The Morgan fingerprint density at radius 1 is 1.04 bits per heavy atom. The fourth-order valence-corrected chi connectivity index (χ4v) is 3.11. The van der Waals surface area contributed by atoms with E-state index in [0.717, 1.165) is 33.2 Å². The van der Waals surface area contributed by atoms with Crippen molar-refractivity contribution in [1.29, 1.82) is 0 Å². The van der Waals surface area contributed by atoms with Crippen molar-refractivity contribution in [2.24, 2.45) is 5.10 Å². The van der Waals surface area contributed by atoms with Gasteiger partial charge in [0, 0.05) is 17.5 Å². The predicted molar refractivity (Wildman–Crippen MR) is 110 cm³/mol. The van der Waals surface area contributed by atoms with Gasteiger partial charge < -0.3 is 5.21 Å². The molecule has 0 bridgehead atoms. The van der Waals surface area contributed by atoms with Gasteiger partial charge in [0.2, 0.25) is 0 Å². The molecule has 1 unspecified atom stereocenters. The van der Waals surface area contributed by atoms with E-state index in [1.165, 1.54) is 12.1 Å². The van der Waals surface area contributed by atoms with E-state index in [-0.39, 0.29) is 5.69 Å². The minimum Gasteiger partial charge on any atom is -0.595 e. The molecule has 0 amide bonds. The number of hydrogen-bond donors (Lipinski definition) is 3. The van der Waals surface area contributed by atoms with Gasteiger partial charge in [-0.25, -0.2) is 15.2 Å². The number of hydrazone groups is 1. The molecule has 4 rings (SSSR count). The van der Waals surface area contributed by atoms with Gasteiger partial charge in [0.05, 0.1) is 28.1 Å². The summed E-state index contributed by atoms with van der Waals surface area (Å²) in [6.45, 7) is 3.78. The first-order chi connectivity index (χ1) is 13.5. The summed E-state index contributed by atoms with van der Waals surface area (Å²) in [5.74, 6) is 0. The Morgan fingerprint density at radius 3 is 2.54 bits per heavy atom. The number of nitrogens with one attached hydrogen (secondary N) is 2. The van der Waals surface area contributed by atoms with Crippen molar-refractivity contribution in [3.05, 3.63) is 77.3 Å². The average molecular weight is 373 g/mol. The highest BCUT2D eigenvalue weighted by atomic mass is 16.8. The molecule has 0 fully saturated rings. The maximum atomic E-state index is 10.9. The van der Waals surface area contributed by atoms with Crippen molar-refractivity contribution < 1.29 is 10.4 Å². The minimum absolute atomic E-state index is 0.231. The van der Waals surface area contributed by atoms with Crippen LogP contribution in [0.25, 0.3) is 21.8 Å². The van der Waals surface area contributed by atoms with Gasteiger partial charge in [0.1, 0.15) is 5.69 Å². The molecule has 1 atom stereocenters. The van der Waals surface area contributed by atoms with Gasteiger partial charge in [-0.15, -0.1) is 0 Å². The molecule has 7 heteroatoms. The third-order valence-corrected chi connectivity index (χ3v) is 4.56. The molecule has 0 saturated heterocycles. The summed E-state index contributed by atoms with van der Waals surface area (Å²) in [6.07, 6.45) is 0. The van der Waals surface area contributed by atoms with Gasteiger partial charge in [-0.2, -0.15) is 10.3 Å². The molecule has 0 spiro atoms. The SMILES string of the molecule is CC(=NNc1ccc([NH+]([O-])O)cc1)c1nc2c(ccc3ccccc32)nc1C. The third-order valence-electron chi connectivity index (χ3n) is 4.56. The van der Waals surface area contributed by atoms with Crippen LogP contribution in [0.1, 0.15) is 18.3 Å². The number of aromatic nitrogens is 2. The summed E-state index contributed by atoms with van der Waals surface area (Å²) >= 11 is 0. The summed E-state index contributed by atoms with van der Waals surface area (Å²) < 4.78 is 0. The van der Waals surface area contributed by atoms with E-state index in [2.05, 4.69) is 22.7 Å². The second kappa shape index (κ2) is 7.32. The molecule has 0 aliphatic rings. The van der Waals surface area contributed by atoms with E-state index in [1.54, 1.807) is 12.1 Å². The Morgan fingerprint density at radius 2 is 1.79 bits per heavy atom. The lowest BCUT2D eigenvalue weighted by Crippen LogP contribution is -2.99. The molecule has 28 heavy (non-hydrogen) atoms. The Kier molecular flexibility index (Phi) is 4.70. The van der Waals surface area contributed by atoms with Crippen molar-refractivity contribution in [3.63, 3.8) is 0 Å². The summed E-state index contributed by atoms with van der Waals surface area (Å²) in [5, 5.41) is 25.5. The lowest BCUT2D eigenvalue weighted by Gasteiger charge is -2.12. The second-order valence-electron chi connectivity index (χ2n) is 6.50. The van der Waals surface area contributed by atoms with E-state index in [0.29, 0.717) is 11.4 Å². The minimum atomic E-state index is -0.958. The van der Waals surface area contributed by atoms with E-state index >= 15 is 0 Å². The summed E-state index contributed by atoms with van der Waals surface area (Å²) in [5.41, 5.74) is 7.79. The molecule has 1 heterocycles. The number of aryl methyl sites for hydroxylation is 1. The first-order valence-corrected chi connectivity index (χ1v) is 8.83. The summed E-state index contributed by atoms with van der Waals surface area (Å²) in [7, 11) is 0. The Balaban J connectivity index is 1.69. The van der Waals surface area contributed by atoms with Crippen molar-refractivity contribution in [2.45, 2.75) is 13.8 Å². The van der Waals surface area contributed by atoms with Gasteiger partial charge in [0.25, 0.3) is 0 Å². The molecule has 4 aromatic rings. The lowest BCUT2D eigenvalue weighted by molar-refractivity contribution is -0.991. The number of nitrogens with zero attached hydrogens (tertiary/aromatic N) is 3. The van der Waals surface area contributed by atoms with Gasteiger partial charge in [-0.05, 0) is 37.4 Å². The van der Waals surface area contributed by atoms with Crippen LogP contribution in [-0.2, 0) is 0 Å². The van der Waals surface area contributed by atoms with Gasteiger partial charge in [-0.1, -0.05) is 30.3 Å². The normalized spacial score (nSPS) is 13.1. The molecule has 3 N–H and O–H groups in total. The molecule has 0 aliphatic carbocycles. The van der Waals surface area contributed by atoms with E-state index in [9.17, 15) is 5.21 Å². The number of benzene rings is 3. The predicted octanol–water partition coefficient (Wildman–Crippen LogP) is 3.33. The summed E-state index contributed by atoms with van der Waals surface area (Å²) in [6, 6.07) is 18.5. The molecular weight excluding hydrogens is 354 g/mol. The standard InChI is InChI=1S/C21H19N5O2/c1-13-20(14(2)24-25-16-8-10-17(11-9-16)26(27)28)23-21-18-6-4-3-5-15(18)7-12-19(21)22-13/h3-12,25-27H,1-2H3. The van der Waals surface area contributed by atoms with E-state index < -0.39 is 5.23 Å². The molecule has 0 aliphatic heterocycles. The van der Waals surface area contributed by atoms with Crippen molar-refractivity contribution in [3.8, 4) is 0 Å². The van der Waals surface area contributed by atoms with Crippen LogP contribution in [0, 0.1) is 12.1 Å². The average Bonchev–Trinajstić information content (AvgIpc) is 2.71. The zero-order valence-electron chi connectivity index (χ0n) is 15.5. The molecule has 0 radical (unpaired) electrons. The lowest BCUT2D eigenvalue weighted by atomic mass is 10.1. The monoisotopic (exact) mass is 373 g/mol. The van der Waals surface area contributed by atoms with Crippen LogP contribution in [0.2, 0.25) is 0 Å². The number of anilines is 1. The Bertz CT molecular complexity index is 1190. The molecule has 140 valence electrons. The van der Waals surface area contributed by atoms with Gasteiger partial charge >= 0.3 is 0 Å². The highest BCUT2D eigenvalue weighted by Crippen LogP contribution is 2.24. The highest BCUT2D eigenvalue weighted by Gasteiger charge is 2.11. The Labute approximate surface area is 161 Å². The van der Waals surface area contributed by atoms with Crippen LogP contribution in [0.5, 0.6) is 0 Å². The number of rotatable bonds is 4. The number of hydrogen-bond acceptors (Lipinski definition) is 6. The molecular formula is C21H19N5O2. The maximum Gasteiger partial charge on any atom is 0.163 e. The van der Waals surface area contributed by atoms with Crippen molar-refractivity contribution in [2.75, 3.05) is 5.43 Å². The van der Waals surface area contributed by atoms with Crippen LogP contribution >= 0.6 is 0 Å². The smallest absolute Gasteiger partial charge is 0.163 e. The first kappa shape index (κ1) is 18.0. The zero-order valence-corrected chi connectivity index (χ0v) is 15.5. The van der Waals surface area contributed by atoms with Crippen molar-refractivity contribution >= 4 is 38.9 Å². The van der Waals surface area contributed by atoms with E-state index in [4.69, 9.17) is 15.2 Å². The quantitative estimate of drug-likeness (QED) is 0.290. The number of fused-ring (bicyclic) bond motifs is 3. The topological polar surface area (TPSA) is 97.9 Å². The second-order valence-corrected chi connectivity index (χ2v) is 6.50. The maximum absolute atomic E-state index is 10.9. The van der Waals surface area contributed by atoms with Crippen LogP contribution < -0.4 is 10.7 Å². The van der Waals surface area contributed by atoms with Gasteiger partial charge in [-0.3, -0.25) is 5.43 Å². The summed E-state index contributed by atoms with van der Waals surface area (Å²) in [4.78, 5) is 9.54. The van der Waals surface area contributed by atoms with Gasteiger partial charge in [0.15, 0.2) is 5.69 Å². The van der Waals surface area contributed by atoms with E-state index in [1.807, 2.05) is 38.1 Å². The Hall–Kier alpha value is -3.39. The fourth-order valence-electron chi connectivity index (χ4n) is 3.11. The van der Waals surface area contributed by atoms with Crippen LogP contribution in [-0.4, -0.2) is 20.9 Å². The zero-order chi connectivity index (χ0) is 19.7. The highest BCUT2D eigenvalue weighted by molar-refractivity contribution is 6.06. The van der Waals surface area contributed by atoms with Crippen LogP contribution in [0.15, 0.2) is 65.8 Å².